The molecule has 0 aliphatic heterocycles. The van der Waals surface area contributed by atoms with Gasteiger partial charge in [0.1, 0.15) is 5.69 Å². The van der Waals surface area contributed by atoms with E-state index in [-0.39, 0.29) is 0 Å². The highest BCUT2D eigenvalue weighted by Crippen LogP contribution is 2.25. The molecule has 0 aromatic carbocycles. The standard InChI is InChI=1S/C14H18N4/c1-5-16-14-13(17-10(3)11(4)18-14)12-6-9(2)7-15-8-12/h6-8H,5H2,1-4H3,(H,16,18). The molecule has 0 unspecified atom stereocenters. The smallest absolute Gasteiger partial charge is 0.152 e. The van der Waals surface area contributed by atoms with Crippen molar-refractivity contribution in [3.63, 3.8) is 0 Å². The molecule has 1 N–H and O–H groups in total. The highest BCUT2D eigenvalue weighted by Gasteiger charge is 2.11. The summed E-state index contributed by atoms with van der Waals surface area (Å²) in [7, 11) is 0. The molecule has 4 nitrogen and oxygen atoms in total. The number of rotatable bonds is 3. The normalized spacial score (nSPS) is 10.4. The fraction of sp³-hybridized carbons (Fsp3) is 0.357. The van der Waals surface area contributed by atoms with Gasteiger partial charge in [0.15, 0.2) is 5.82 Å². The molecule has 2 heterocycles. The van der Waals surface area contributed by atoms with Gasteiger partial charge in [-0.05, 0) is 39.3 Å². The fourth-order valence-corrected chi connectivity index (χ4v) is 1.78. The molecule has 0 saturated heterocycles. The lowest BCUT2D eigenvalue weighted by molar-refractivity contribution is 1.03. The number of nitrogens with zero attached hydrogens (tertiary/aromatic N) is 3. The van der Waals surface area contributed by atoms with Crippen LogP contribution < -0.4 is 5.32 Å². The Balaban J connectivity index is 2.58. The summed E-state index contributed by atoms with van der Waals surface area (Å²) in [4.78, 5) is 13.4. The minimum Gasteiger partial charge on any atom is -0.369 e. The van der Waals surface area contributed by atoms with E-state index in [1.807, 2.05) is 33.2 Å². The third kappa shape index (κ3) is 2.47. The summed E-state index contributed by atoms with van der Waals surface area (Å²) >= 11 is 0. The summed E-state index contributed by atoms with van der Waals surface area (Å²) in [5, 5.41) is 3.26. The minimum absolute atomic E-state index is 0.823. The maximum absolute atomic E-state index is 4.64. The van der Waals surface area contributed by atoms with Gasteiger partial charge in [0.05, 0.1) is 11.4 Å². The van der Waals surface area contributed by atoms with E-state index in [2.05, 4.69) is 33.3 Å². The summed E-state index contributed by atoms with van der Waals surface area (Å²) in [6, 6.07) is 2.08. The van der Waals surface area contributed by atoms with Crippen molar-refractivity contribution < 1.29 is 0 Å². The molecule has 0 saturated carbocycles. The number of aryl methyl sites for hydroxylation is 3. The predicted molar refractivity (Wildman–Crippen MR) is 73.6 cm³/mol. The Labute approximate surface area is 108 Å². The predicted octanol–water partition coefficient (Wildman–Crippen LogP) is 2.90. The lowest BCUT2D eigenvalue weighted by Gasteiger charge is -2.11. The first-order chi connectivity index (χ1) is 8.61. The highest BCUT2D eigenvalue weighted by atomic mass is 15.0. The van der Waals surface area contributed by atoms with E-state index < -0.39 is 0 Å². The average molecular weight is 242 g/mol. The Morgan fingerprint density at radius 2 is 1.78 bits per heavy atom. The maximum atomic E-state index is 4.64. The van der Waals surface area contributed by atoms with Crippen LogP contribution in [0.3, 0.4) is 0 Å². The van der Waals surface area contributed by atoms with E-state index in [9.17, 15) is 0 Å². The lowest BCUT2D eigenvalue weighted by atomic mass is 10.1. The van der Waals surface area contributed by atoms with Crippen molar-refractivity contribution in [2.45, 2.75) is 27.7 Å². The van der Waals surface area contributed by atoms with Gasteiger partial charge >= 0.3 is 0 Å². The zero-order valence-electron chi connectivity index (χ0n) is 11.3. The van der Waals surface area contributed by atoms with Crippen LogP contribution in [0, 0.1) is 20.8 Å². The zero-order valence-corrected chi connectivity index (χ0v) is 11.3. The first-order valence-electron chi connectivity index (χ1n) is 6.13. The van der Waals surface area contributed by atoms with Crippen LogP contribution in [0.1, 0.15) is 23.9 Å². The van der Waals surface area contributed by atoms with Crippen molar-refractivity contribution in [3.8, 4) is 11.3 Å². The molecular weight excluding hydrogens is 224 g/mol. The Kier molecular flexibility index (Phi) is 3.55. The second kappa shape index (κ2) is 5.12. The number of hydrogen-bond acceptors (Lipinski definition) is 4. The van der Waals surface area contributed by atoms with Crippen LogP contribution in [0.5, 0.6) is 0 Å². The van der Waals surface area contributed by atoms with Gasteiger partial charge in [0.25, 0.3) is 0 Å². The Morgan fingerprint density at radius 3 is 2.44 bits per heavy atom. The van der Waals surface area contributed by atoms with Crippen LogP contribution in [0.4, 0.5) is 5.82 Å². The summed E-state index contributed by atoms with van der Waals surface area (Å²) in [5.74, 6) is 0.827. The Bertz CT molecular complexity index is 564. The van der Waals surface area contributed by atoms with Crippen LogP contribution >= 0.6 is 0 Å². The molecule has 0 radical (unpaired) electrons. The second-order valence-electron chi connectivity index (χ2n) is 4.37. The van der Waals surface area contributed by atoms with E-state index in [1.54, 1.807) is 0 Å². The summed E-state index contributed by atoms with van der Waals surface area (Å²) in [5.41, 5.74) is 4.90. The van der Waals surface area contributed by atoms with Gasteiger partial charge in [-0.15, -0.1) is 0 Å². The van der Waals surface area contributed by atoms with Crippen molar-refractivity contribution in [3.05, 3.63) is 35.4 Å². The Hall–Kier alpha value is -1.97. The molecule has 4 heteroatoms. The minimum atomic E-state index is 0.823. The molecule has 18 heavy (non-hydrogen) atoms. The van der Waals surface area contributed by atoms with Crippen LogP contribution in [0.15, 0.2) is 18.5 Å². The summed E-state index contributed by atoms with van der Waals surface area (Å²) in [6.45, 7) is 8.85. The number of aromatic nitrogens is 3. The average Bonchev–Trinajstić information content (AvgIpc) is 2.34. The monoisotopic (exact) mass is 242 g/mol. The zero-order chi connectivity index (χ0) is 13.1. The fourth-order valence-electron chi connectivity index (χ4n) is 1.78. The van der Waals surface area contributed by atoms with E-state index in [0.717, 1.165) is 40.6 Å². The molecule has 2 aromatic heterocycles. The molecule has 0 amide bonds. The number of hydrogen-bond donors (Lipinski definition) is 1. The largest absolute Gasteiger partial charge is 0.369 e. The van der Waals surface area contributed by atoms with Gasteiger partial charge < -0.3 is 5.32 Å². The van der Waals surface area contributed by atoms with E-state index in [4.69, 9.17) is 0 Å². The maximum Gasteiger partial charge on any atom is 0.152 e. The van der Waals surface area contributed by atoms with E-state index in [1.165, 1.54) is 0 Å². The molecule has 94 valence electrons. The van der Waals surface area contributed by atoms with E-state index >= 15 is 0 Å². The van der Waals surface area contributed by atoms with Gasteiger partial charge in [-0.1, -0.05) is 0 Å². The summed E-state index contributed by atoms with van der Waals surface area (Å²) < 4.78 is 0. The third-order valence-corrected chi connectivity index (χ3v) is 2.80. The van der Waals surface area contributed by atoms with Crippen LogP contribution in [0.2, 0.25) is 0 Å². The van der Waals surface area contributed by atoms with Crippen molar-refractivity contribution in [2.24, 2.45) is 0 Å². The molecule has 0 aliphatic rings. The van der Waals surface area contributed by atoms with Crippen molar-refractivity contribution in [2.75, 3.05) is 11.9 Å². The molecule has 0 spiro atoms. The number of pyridine rings is 1. The molecule has 2 rings (SSSR count). The van der Waals surface area contributed by atoms with Crippen molar-refractivity contribution >= 4 is 5.82 Å². The van der Waals surface area contributed by atoms with Crippen LogP contribution in [0.25, 0.3) is 11.3 Å². The topological polar surface area (TPSA) is 50.7 Å². The van der Waals surface area contributed by atoms with E-state index in [0.29, 0.717) is 0 Å². The first kappa shape index (κ1) is 12.5. The molecular formula is C14H18N4. The van der Waals surface area contributed by atoms with Gasteiger partial charge in [-0.3, -0.25) is 4.98 Å². The number of nitrogens with one attached hydrogen (secondary N) is 1. The van der Waals surface area contributed by atoms with Gasteiger partial charge in [0.2, 0.25) is 0 Å². The quantitative estimate of drug-likeness (QED) is 0.899. The molecule has 0 bridgehead atoms. The molecule has 0 aliphatic carbocycles. The highest BCUT2D eigenvalue weighted by molar-refractivity contribution is 5.71. The summed E-state index contributed by atoms with van der Waals surface area (Å²) in [6.07, 6.45) is 3.66. The van der Waals surface area contributed by atoms with Crippen LogP contribution in [-0.4, -0.2) is 21.5 Å². The molecule has 0 fully saturated rings. The Morgan fingerprint density at radius 1 is 1.06 bits per heavy atom. The van der Waals surface area contributed by atoms with Gasteiger partial charge in [-0.25, -0.2) is 9.97 Å². The van der Waals surface area contributed by atoms with Gasteiger partial charge in [-0.2, -0.15) is 0 Å². The molecule has 0 atom stereocenters. The SMILES string of the molecule is CCNc1nc(C)c(C)nc1-c1cncc(C)c1. The third-order valence-electron chi connectivity index (χ3n) is 2.80. The lowest BCUT2D eigenvalue weighted by Crippen LogP contribution is -2.06. The van der Waals surface area contributed by atoms with Crippen molar-refractivity contribution in [1.29, 1.82) is 0 Å². The number of anilines is 1. The second-order valence-corrected chi connectivity index (χ2v) is 4.37. The van der Waals surface area contributed by atoms with Crippen LogP contribution in [-0.2, 0) is 0 Å². The van der Waals surface area contributed by atoms with Crippen molar-refractivity contribution in [1.82, 2.24) is 15.0 Å². The van der Waals surface area contributed by atoms with Gasteiger partial charge in [0, 0.05) is 24.5 Å². The first-order valence-corrected chi connectivity index (χ1v) is 6.13. The molecule has 2 aromatic rings.